The molecular weight excluding hydrogens is 324 g/mol. The summed E-state index contributed by atoms with van der Waals surface area (Å²) < 4.78 is 1.25. The van der Waals surface area contributed by atoms with Crippen LogP contribution in [0.25, 0.3) is 20.8 Å². The van der Waals surface area contributed by atoms with Crippen LogP contribution in [0, 0.1) is 13.8 Å². The summed E-state index contributed by atoms with van der Waals surface area (Å²) in [6.07, 6.45) is 0. The molecule has 1 heterocycles. The minimum Gasteiger partial charge on any atom is -0.381 e. The normalized spacial score (nSPS) is 11.0. The molecule has 2 nitrogen and oxygen atoms in total. The van der Waals surface area contributed by atoms with Crippen molar-refractivity contribution >= 4 is 27.2 Å². The second kappa shape index (κ2) is 6.69. The zero-order valence-corrected chi connectivity index (χ0v) is 15.2. The van der Waals surface area contributed by atoms with Gasteiger partial charge in [0.05, 0.1) is 10.2 Å². The van der Waals surface area contributed by atoms with Crippen LogP contribution >= 0.6 is 11.3 Å². The lowest BCUT2D eigenvalue weighted by Gasteiger charge is -2.07. The van der Waals surface area contributed by atoms with Gasteiger partial charge in [-0.1, -0.05) is 35.9 Å². The number of fused-ring (bicyclic) bond motifs is 1. The van der Waals surface area contributed by atoms with Gasteiger partial charge in [0, 0.05) is 17.8 Å². The van der Waals surface area contributed by atoms with Crippen molar-refractivity contribution in [1.82, 2.24) is 4.98 Å². The quantitative estimate of drug-likeness (QED) is 0.477. The highest BCUT2D eigenvalue weighted by Gasteiger charge is 2.06. The maximum atomic E-state index is 4.75. The summed E-state index contributed by atoms with van der Waals surface area (Å²) in [7, 11) is 0. The molecule has 0 unspecified atom stereocenters. The molecule has 0 aliphatic heterocycles. The Hall–Kier alpha value is -2.65. The molecule has 0 aliphatic rings. The number of hydrogen-bond donors (Lipinski definition) is 1. The van der Waals surface area contributed by atoms with Crippen LogP contribution in [0.15, 0.2) is 66.7 Å². The lowest BCUT2D eigenvalue weighted by molar-refractivity contribution is 1.14. The van der Waals surface area contributed by atoms with Gasteiger partial charge >= 0.3 is 0 Å². The Balaban J connectivity index is 1.49. The maximum absolute atomic E-state index is 4.75. The molecule has 0 bridgehead atoms. The molecule has 124 valence electrons. The third-order valence-corrected chi connectivity index (χ3v) is 5.36. The number of anilines is 1. The van der Waals surface area contributed by atoms with Crippen LogP contribution in [0.4, 0.5) is 5.69 Å². The van der Waals surface area contributed by atoms with E-state index >= 15 is 0 Å². The van der Waals surface area contributed by atoms with Crippen molar-refractivity contribution in [2.75, 3.05) is 5.32 Å². The molecule has 0 spiro atoms. The average Bonchev–Trinajstić information content (AvgIpc) is 3.05. The Labute approximate surface area is 152 Å². The summed E-state index contributed by atoms with van der Waals surface area (Å²) in [5.41, 5.74) is 7.22. The lowest BCUT2D eigenvalue weighted by atomic mass is 10.1. The van der Waals surface area contributed by atoms with Crippen molar-refractivity contribution in [2.24, 2.45) is 0 Å². The smallest absolute Gasteiger partial charge is 0.124 e. The van der Waals surface area contributed by atoms with E-state index in [1.165, 1.54) is 27.0 Å². The fourth-order valence-electron chi connectivity index (χ4n) is 2.80. The topological polar surface area (TPSA) is 24.9 Å². The molecule has 0 atom stereocenters. The highest BCUT2D eigenvalue weighted by molar-refractivity contribution is 7.21. The first-order chi connectivity index (χ1) is 12.2. The molecule has 1 aromatic heterocycles. The second-order valence-corrected chi connectivity index (χ2v) is 7.44. The van der Waals surface area contributed by atoms with Crippen LogP contribution in [0.3, 0.4) is 0 Å². The van der Waals surface area contributed by atoms with Gasteiger partial charge in [-0.05, 0) is 61.4 Å². The molecule has 1 N–H and O–H groups in total. The van der Waals surface area contributed by atoms with Gasteiger partial charge in [0.1, 0.15) is 5.01 Å². The van der Waals surface area contributed by atoms with Crippen LogP contribution in [0.2, 0.25) is 0 Å². The number of benzene rings is 3. The van der Waals surface area contributed by atoms with Gasteiger partial charge in [0.25, 0.3) is 0 Å². The summed E-state index contributed by atoms with van der Waals surface area (Å²) in [5, 5.41) is 4.55. The Morgan fingerprint density at radius 2 is 1.56 bits per heavy atom. The molecule has 0 amide bonds. The summed E-state index contributed by atoms with van der Waals surface area (Å²) in [5.74, 6) is 0. The Morgan fingerprint density at radius 3 is 2.32 bits per heavy atom. The van der Waals surface area contributed by atoms with E-state index in [0.29, 0.717) is 0 Å². The number of nitrogens with one attached hydrogen (secondary N) is 1. The lowest BCUT2D eigenvalue weighted by Crippen LogP contribution is -1.98. The van der Waals surface area contributed by atoms with Crippen LogP contribution in [0.1, 0.15) is 16.7 Å². The summed E-state index contributed by atoms with van der Waals surface area (Å²) in [6.45, 7) is 5.06. The van der Waals surface area contributed by atoms with Crippen molar-refractivity contribution < 1.29 is 0 Å². The van der Waals surface area contributed by atoms with Crippen LogP contribution < -0.4 is 5.32 Å². The Morgan fingerprint density at radius 1 is 0.840 bits per heavy atom. The fourth-order valence-corrected chi connectivity index (χ4v) is 3.87. The number of nitrogens with zero attached hydrogens (tertiary/aromatic N) is 1. The van der Waals surface area contributed by atoms with Gasteiger partial charge in [0.15, 0.2) is 0 Å². The van der Waals surface area contributed by atoms with Crippen LogP contribution in [-0.4, -0.2) is 4.98 Å². The molecule has 0 saturated heterocycles. The van der Waals surface area contributed by atoms with Gasteiger partial charge in [-0.2, -0.15) is 0 Å². The van der Waals surface area contributed by atoms with E-state index in [0.717, 1.165) is 22.8 Å². The Kier molecular flexibility index (Phi) is 4.24. The van der Waals surface area contributed by atoms with E-state index in [9.17, 15) is 0 Å². The molecule has 4 aromatic rings. The third-order valence-electron chi connectivity index (χ3n) is 4.29. The first-order valence-corrected chi connectivity index (χ1v) is 9.26. The predicted molar refractivity (Wildman–Crippen MR) is 108 cm³/mol. The summed E-state index contributed by atoms with van der Waals surface area (Å²) in [4.78, 5) is 4.75. The minimum absolute atomic E-state index is 0.833. The van der Waals surface area contributed by atoms with Gasteiger partial charge in [-0.25, -0.2) is 4.98 Å². The highest BCUT2D eigenvalue weighted by atomic mass is 32.1. The molecule has 25 heavy (non-hydrogen) atoms. The van der Waals surface area contributed by atoms with Crippen LogP contribution in [-0.2, 0) is 6.54 Å². The first kappa shape index (κ1) is 15.9. The monoisotopic (exact) mass is 344 g/mol. The van der Waals surface area contributed by atoms with Crippen molar-refractivity contribution in [2.45, 2.75) is 20.4 Å². The predicted octanol–water partition coefficient (Wildman–Crippen LogP) is 6.19. The van der Waals surface area contributed by atoms with E-state index in [-0.39, 0.29) is 0 Å². The van der Waals surface area contributed by atoms with Gasteiger partial charge < -0.3 is 5.32 Å². The Bertz CT molecular complexity index is 999. The number of aryl methyl sites for hydroxylation is 2. The van der Waals surface area contributed by atoms with Crippen LogP contribution in [0.5, 0.6) is 0 Å². The molecule has 3 heteroatoms. The zero-order valence-electron chi connectivity index (χ0n) is 14.4. The van der Waals surface area contributed by atoms with E-state index in [1.54, 1.807) is 11.3 Å². The molecule has 0 fully saturated rings. The zero-order chi connectivity index (χ0) is 17.2. The minimum atomic E-state index is 0.833. The van der Waals surface area contributed by atoms with E-state index in [1.807, 2.05) is 0 Å². The molecule has 4 rings (SSSR count). The van der Waals surface area contributed by atoms with E-state index < -0.39 is 0 Å². The van der Waals surface area contributed by atoms with Crippen molar-refractivity contribution in [3.05, 3.63) is 83.4 Å². The van der Waals surface area contributed by atoms with E-state index in [2.05, 4.69) is 85.9 Å². The molecule has 3 aromatic carbocycles. The largest absolute Gasteiger partial charge is 0.381 e. The fraction of sp³-hybridized carbons (Fsp3) is 0.136. The van der Waals surface area contributed by atoms with Crippen molar-refractivity contribution in [3.63, 3.8) is 0 Å². The van der Waals surface area contributed by atoms with Gasteiger partial charge in [0.2, 0.25) is 0 Å². The number of rotatable bonds is 4. The molecular formula is C22H20N2S. The number of hydrogen-bond acceptors (Lipinski definition) is 3. The molecule has 0 saturated carbocycles. The number of thiazole rings is 1. The van der Waals surface area contributed by atoms with Crippen molar-refractivity contribution in [1.29, 1.82) is 0 Å². The van der Waals surface area contributed by atoms with Gasteiger partial charge in [-0.3, -0.25) is 0 Å². The second-order valence-electron chi connectivity index (χ2n) is 6.41. The standard InChI is InChI=1S/C22H20N2S/c1-15-3-6-17(7-4-15)14-23-19-10-8-18(9-11-19)22-24-20-12-5-16(2)13-21(20)25-22/h3-13,23H,14H2,1-2H3. The first-order valence-electron chi connectivity index (χ1n) is 8.44. The van der Waals surface area contributed by atoms with Crippen molar-refractivity contribution in [3.8, 4) is 10.6 Å². The number of aromatic nitrogens is 1. The van der Waals surface area contributed by atoms with E-state index in [4.69, 9.17) is 4.98 Å². The SMILES string of the molecule is Cc1ccc(CNc2ccc(-c3nc4ccc(C)cc4s3)cc2)cc1. The van der Waals surface area contributed by atoms with Gasteiger partial charge in [-0.15, -0.1) is 11.3 Å². The third kappa shape index (κ3) is 3.57. The maximum Gasteiger partial charge on any atom is 0.124 e. The summed E-state index contributed by atoms with van der Waals surface area (Å²) in [6, 6.07) is 23.6. The molecule has 0 aliphatic carbocycles. The molecule has 0 radical (unpaired) electrons. The average molecular weight is 344 g/mol. The summed E-state index contributed by atoms with van der Waals surface area (Å²) >= 11 is 1.75. The highest BCUT2D eigenvalue weighted by Crippen LogP contribution is 2.31.